The molecule has 0 bridgehead atoms. The molecule has 1 atom stereocenters. The average molecular weight is 224 g/mol. The van der Waals surface area contributed by atoms with Crippen molar-refractivity contribution in [2.24, 2.45) is 5.92 Å². The molecule has 1 heteroatoms. The van der Waals surface area contributed by atoms with Crippen LogP contribution in [-0.2, 0) is 6.42 Å². The molecule has 0 saturated carbocycles. The Morgan fingerprint density at radius 1 is 1.33 bits per heavy atom. The van der Waals surface area contributed by atoms with Crippen LogP contribution in [-0.4, -0.2) is 0 Å². The average Bonchev–Trinajstić information content (AvgIpc) is 2.17. The van der Waals surface area contributed by atoms with Crippen LogP contribution in [0, 0.1) is 11.8 Å². The summed E-state index contributed by atoms with van der Waals surface area (Å²) in [6.45, 7) is 6.72. The van der Waals surface area contributed by atoms with E-state index in [1.807, 2.05) is 12.1 Å². The van der Waals surface area contributed by atoms with Crippen molar-refractivity contribution in [3.63, 3.8) is 0 Å². The lowest BCUT2D eigenvalue weighted by Crippen LogP contribution is -2.02. The number of hydrogen-bond acceptors (Lipinski definition) is 0. The van der Waals surface area contributed by atoms with Gasteiger partial charge in [0.1, 0.15) is 0 Å². The summed E-state index contributed by atoms with van der Waals surface area (Å²) in [6.07, 6.45) is 3.65. The van der Waals surface area contributed by atoms with Crippen LogP contribution < -0.4 is 0 Å². The van der Waals surface area contributed by atoms with Crippen LogP contribution in [0.4, 0.5) is 0 Å². The topological polar surface area (TPSA) is 0 Å². The zero-order valence-corrected chi connectivity index (χ0v) is 10.6. The summed E-state index contributed by atoms with van der Waals surface area (Å²) < 4.78 is 0. The molecule has 15 heavy (non-hydrogen) atoms. The zero-order chi connectivity index (χ0) is 11.3. The van der Waals surface area contributed by atoms with Crippen molar-refractivity contribution in [3.8, 4) is 0 Å². The Morgan fingerprint density at radius 2 is 2.07 bits per heavy atom. The Hall–Kier alpha value is -0.490. The van der Waals surface area contributed by atoms with Crippen LogP contribution in [0.15, 0.2) is 24.3 Å². The second kappa shape index (κ2) is 6.17. The largest absolute Gasteiger partial charge is 0.0843 e. The fraction of sp³-hybridized carbons (Fsp3) is 0.500. The van der Waals surface area contributed by atoms with Gasteiger partial charge in [-0.3, -0.25) is 0 Å². The molecule has 1 unspecified atom stereocenters. The molecule has 0 aliphatic heterocycles. The van der Waals surface area contributed by atoms with Crippen molar-refractivity contribution in [1.82, 2.24) is 0 Å². The standard InChI is InChI=1S/C14H20Cl/c1-11(2)12(3)6-4-7-13-8-5-9-14(15)10-13/h5,8-10,12H,4,6-7H2,1-3H3. The summed E-state index contributed by atoms with van der Waals surface area (Å²) in [7, 11) is 0. The summed E-state index contributed by atoms with van der Waals surface area (Å²) in [4.78, 5) is 0. The van der Waals surface area contributed by atoms with Crippen molar-refractivity contribution in [2.45, 2.75) is 40.0 Å². The monoisotopic (exact) mass is 223 g/mol. The van der Waals surface area contributed by atoms with E-state index < -0.39 is 0 Å². The summed E-state index contributed by atoms with van der Waals surface area (Å²) in [5.41, 5.74) is 1.35. The van der Waals surface area contributed by atoms with Crippen molar-refractivity contribution in [2.75, 3.05) is 0 Å². The van der Waals surface area contributed by atoms with Crippen LogP contribution in [0.1, 0.15) is 39.2 Å². The molecule has 1 rings (SSSR count). The number of benzene rings is 1. The third-order valence-electron chi connectivity index (χ3n) is 2.98. The molecule has 1 aromatic rings. The summed E-state index contributed by atoms with van der Waals surface area (Å²) in [6, 6.07) is 8.17. The zero-order valence-electron chi connectivity index (χ0n) is 9.89. The maximum atomic E-state index is 5.93. The Kier molecular flexibility index (Phi) is 5.17. The minimum atomic E-state index is 0.740. The molecule has 0 amide bonds. The highest BCUT2D eigenvalue weighted by molar-refractivity contribution is 6.30. The van der Waals surface area contributed by atoms with Gasteiger partial charge in [-0.1, -0.05) is 44.5 Å². The van der Waals surface area contributed by atoms with Crippen molar-refractivity contribution in [1.29, 1.82) is 0 Å². The minimum absolute atomic E-state index is 0.740. The molecule has 0 aliphatic carbocycles. The molecule has 0 saturated heterocycles. The summed E-state index contributed by atoms with van der Waals surface area (Å²) in [5, 5.41) is 0.846. The predicted molar refractivity (Wildman–Crippen MR) is 68.1 cm³/mol. The molecule has 83 valence electrons. The predicted octanol–water partition coefficient (Wildman–Crippen LogP) is 4.91. The molecular weight excluding hydrogens is 204 g/mol. The summed E-state index contributed by atoms with van der Waals surface area (Å²) in [5.74, 6) is 2.27. The highest BCUT2D eigenvalue weighted by atomic mass is 35.5. The maximum Gasteiger partial charge on any atom is 0.0408 e. The van der Waals surface area contributed by atoms with E-state index >= 15 is 0 Å². The van der Waals surface area contributed by atoms with Crippen molar-refractivity contribution >= 4 is 11.6 Å². The van der Waals surface area contributed by atoms with Gasteiger partial charge in [-0.15, -0.1) is 0 Å². The van der Waals surface area contributed by atoms with Gasteiger partial charge in [0.25, 0.3) is 0 Å². The Labute approximate surface area is 98.7 Å². The van der Waals surface area contributed by atoms with Gasteiger partial charge in [0, 0.05) is 5.02 Å². The number of rotatable bonds is 5. The van der Waals surface area contributed by atoms with Gasteiger partial charge in [-0.2, -0.15) is 0 Å². The van der Waals surface area contributed by atoms with E-state index in [2.05, 4.69) is 32.9 Å². The third kappa shape index (κ3) is 4.70. The van der Waals surface area contributed by atoms with Crippen LogP contribution >= 0.6 is 11.6 Å². The lowest BCUT2D eigenvalue weighted by Gasteiger charge is -2.14. The molecule has 0 heterocycles. The van der Waals surface area contributed by atoms with Gasteiger partial charge < -0.3 is 0 Å². The summed E-state index contributed by atoms with van der Waals surface area (Å²) >= 11 is 5.93. The SMILES string of the molecule is C[C](C)C(C)CCCc1cccc(Cl)c1. The Bertz CT molecular complexity index is 291. The first-order valence-electron chi connectivity index (χ1n) is 5.64. The van der Waals surface area contributed by atoms with E-state index in [9.17, 15) is 0 Å². The first-order chi connectivity index (χ1) is 7.09. The smallest absolute Gasteiger partial charge is 0.0408 e. The van der Waals surface area contributed by atoms with Crippen molar-refractivity contribution in [3.05, 3.63) is 40.8 Å². The highest BCUT2D eigenvalue weighted by Gasteiger charge is 2.06. The van der Waals surface area contributed by atoms with Crippen LogP contribution in [0.2, 0.25) is 5.02 Å². The van der Waals surface area contributed by atoms with Crippen LogP contribution in [0.25, 0.3) is 0 Å². The van der Waals surface area contributed by atoms with E-state index in [0.717, 1.165) is 17.4 Å². The lowest BCUT2D eigenvalue weighted by atomic mass is 9.92. The highest BCUT2D eigenvalue weighted by Crippen LogP contribution is 2.20. The minimum Gasteiger partial charge on any atom is -0.0843 e. The fourth-order valence-electron chi connectivity index (χ4n) is 1.59. The van der Waals surface area contributed by atoms with Gasteiger partial charge in [-0.05, 0) is 48.8 Å². The van der Waals surface area contributed by atoms with Gasteiger partial charge >= 0.3 is 0 Å². The van der Waals surface area contributed by atoms with E-state index in [1.54, 1.807) is 0 Å². The van der Waals surface area contributed by atoms with Gasteiger partial charge in [0.05, 0.1) is 0 Å². The first-order valence-corrected chi connectivity index (χ1v) is 6.02. The van der Waals surface area contributed by atoms with E-state index in [-0.39, 0.29) is 0 Å². The van der Waals surface area contributed by atoms with Gasteiger partial charge in [-0.25, -0.2) is 0 Å². The van der Waals surface area contributed by atoms with Gasteiger partial charge in [0.15, 0.2) is 0 Å². The molecule has 1 aromatic carbocycles. The molecular formula is C14H20Cl. The number of hydrogen-bond donors (Lipinski definition) is 0. The lowest BCUT2D eigenvalue weighted by molar-refractivity contribution is 0.527. The molecule has 0 spiro atoms. The fourth-order valence-corrected chi connectivity index (χ4v) is 1.81. The molecule has 1 radical (unpaired) electrons. The molecule has 0 aromatic heterocycles. The Morgan fingerprint density at radius 3 is 2.67 bits per heavy atom. The molecule has 0 fully saturated rings. The second-order valence-electron chi connectivity index (χ2n) is 4.50. The quantitative estimate of drug-likeness (QED) is 0.665. The first kappa shape index (κ1) is 12.6. The van der Waals surface area contributed by atoms with Gasteiger partial charge in [0.2, 0.25) is 0 Å². The Balaban J connectivity index is 2.32. The van der Waals surface area contributed by atoms with E-state index in [1.165, 1.54) is 24.3 Å². The third-order valence-corrected chi connectivity index (χ3v) is 3.21. The van der Waals surface area contributed by atoms with Crippen LogP contribution in [0.5, 0.6) is 0 Å². The van der Waals surface area contributed by atoms with Crippen LogP contribution in [0.3, 0.4) is 0 Å². The second-order valence-corrected chi connectivity index (χ2v) is 4.94. The molecule has 0 N–H and O–H groups in total. The van der Waals surface area contributed by atoms with E-state index in [0.29, 0.717) is 0 Å². The van der Waals surface area contributed by atoms with Crippen molar-refractivity contribution < 1.29 is 0 Å². The number of halogens is 1. The molecule has 0 aliphatic rings. The maximum absolute atomic E-state index is 5.93. The number of aryl methyl sites for hydroxylation is 1. The normalized spacial score (nSPS) is 13.1. The van der Waals surface area contributed by atoms with E-state index in [4.69, 9.17) is 11.6 Å². The molecule has 0 nitrogen and oxygen atoms in total.